The monoisotopic (exact) mass is 347 g/mol. The van der Waals surface area contributed by atoms with Crippen molar-refractivity contribution in [2.24, 2.45) is 5.73 Å². The second-order valence-corrected chi connectivity index (χ2v) is 6.83. The molecule has 0 saturated heterocycles. The summed E-state index contributed by atoms with van der Waals surface area (Å²) in [4.78, 5) is 12.8. The Labute approximate surface area is 153 Å². The van der Waals surface area contributed by atoms with Crippen LogP contribution in [0.15, 0.2) is 54.7 Å². The van der Waals surface area contributed by atoms with Gasteiger partial charge in [-0.3, -0.25) is 4.98 Å². The highest BCUT2D eigenvalue weighted by Gasteiger charge is 2.23. The van der Waals surface area contributed by atoms with E-state index in [0.29, 0.717) is 6.54 Å². The summed E-state index contributed by atoms with van der Waals surface area (Å²) in [6, 6.07) is 12.8. The van der Waals surface area contributed by atoms with Crippen molar-refractivity contribution < 1.29 is 0 Å². The highest BCUT2D eigenvalue weighted by Crippen LogP contribution is 2.28. The Kier molecular flexibility index (Phi) is 5.09. The number of imidazole rings is 1. The second-order valence-electron chi connectivity index (χ2n) is 6.83. The van der Waals surface area contributed by atoms with Gasteiger partial charge in [-0.2, -0.15) is 0 Å². The predicted octanol–water partition coefficient (Wildman–Crippen LogP) is 3.05. The van der Waals surface area contributed by atoms with Crippen LogP contribution in [-0.2, 0) is 12.8 Å². The number of nitrogens with one attached hydrogen (secondary N) is 2. The van der Waals surface area contributed by atoms with E-state index in [1.54, 1.807) is 0 Å². The number of hydrogen-bond acceptors (Lipinski definition) is 4. The van der Waals surface area contributed by atoms with E-state index in [1.165, 1.54) is 17.7 Å². The third-order valence-electron chi connectivity index (χ3n) is 4.97. The minimum atomic E-state index is 0.164. The molecule has 0 saturated carbocycles. The summed E-state index contributed by atoms with van der Waals surface area (Å²) in [6.45, 7) is 0.539. The maximum atomic E-state index is 5.69. The number of rotatable bonds is 6. The van der Waals surface area contributed by atoms with Crippen LogP contribution in [0.3, 0.4) is 0 Å². The molecule has 0 bridgehead atoms. The first kappa shape index (κ1) is 16.9. The Morgan fingerprint density at radius 2 is 2.19 bits per heavy atom. The Balaban J connectivity index is 1.55. The topological polar surface area (TPSA) is 79.6 Å². The van der Waals surface area contributed by atoms with Gasteiger partial charge in [0, 0.05) is 25.2 Å². The van der Waals surface area contributed by atoms with Crippen molar-refractivity contribution in [1.82, 2.24) is 20.3 Å². The fraction of sp³-hybridized carbons (Fsp3) is 0.333. The number of benzene rings is 1. The van der Waals surface area contributed by atoms with Crippen molar-refractivity contribution in [3.63, 3.8) is 0 Å². The van der Waals surface area contributed by atoms with E-state index >= 15 is 0 Å². The molecule has 0 amide bonds. The van der Waals surface area contributed by atoms with Gasteiger partial charge in [0.15, 0.2) is 0 Å². The normalized spacial score (nSPS) is 18.3. The lowest BCUT2D eigenvalue weighted by atomic mass is 9.91. The number of nitrogens with two attached hydrogens (primary N) is 1. The maximum Gasteiger partial charge on any atom is 0.109 e. The molecule has 0 spiro atoms. The number of para-hydroxylation sites is 2. The van der Waals surface area contributed by atoms with Crippen molar-refractivity contribution in [2.45, 2.75) is 37.8 Å². The average molecular weight is 347 g/mol. The van der Waals surface area contributed by atoms with Gasteiger partial charge in [0.25, 0.3) is 0 Å². The first-order valence-corrected chi connectivity index (χ1v) is 9.33. The second kappa shape index (κ2) is 7.81. The van der Waals surface area contributed by atoms with Crippen molar-refractivity contribution in [1.29, 1.82) is 0 Å². The molecule has 1 aromatic carbocycles. The van der Waals surface area contributed by atoms with E-state index < -0.39 is 0 Å². The molecule has 4 rings (SSSR count). The molecule has 1 unspecified atom stereocenters. The van der Waals surface area contributed by atoms with Crippen LogP contribution in [0.2, 0.25) is 0 Å². The zero-order valence-corrected chi connectivity index (χ0v) is 14.9. The fourth-order valence-corrected chi connectivity index (χ4v) is 3.77. The molecule has 134 valence electrons. The van der Waals surface area contributed by atoms with E-state index in [1.807, 2.05) is 36.5 Å². The van der Waals surface area contributed by atoms with Gasteiger partial charge in [-0.15, -0.1) is 0 Å². The van der Waals surface area contributed by atoms with Crippen LogP contribution < -0.4 is 11.1 Å². The lowest BCUT2D eigenvalue weighted by molar-refractivity contribution is 0.414. The molecule has 2 atom stereocenters. The van der Waals surface area contributed by atoms with Gasteiger partial charge >= 0.3 is 0 Å². The summed E-state index contributed by atoms with van der Waals surface area (Å²) in [6.07, 6.45) is 10.3. The van der Waals surface area contributed by atoms with Gasteiger partial charge in [-0.1, -0.05) is 30.4 Å². The van der Waals surface area contributed by atoms with Crippen LogP contribution >= 0.6 is 0 Å². The first-order chi connectivity index (χ1) is 12.8. The minimum absolute atomic E-state index is 0.164. The van der Waals surface area contributed by atoms with Crippen LogP contribution in [0.1, 0.15) is 36.0 Å². The smallest absolute Gasteiger partial charge is 0.109 e. The molecule has 0 aliphatic heterocycles. The van der Waals surface area contributed by atoms with Crippen LogP contribution in [0, 0.1) is 0 Å². The van der Waals surface area contributed by atoms with Gasteiger partial charge in [0.1, 0.15) is 5.82 Å². The van der Waals surface area contributed by atoms with Crippen molar-refractivity contribution >= 4 is 11.0 Å². The summed E-state index contributed by atoms with van der Waals surface area (Å²) < 4.78 is 0. The molecule has 5 nitrogen and oxygen atoms in total. The molecule has 0 radical (unpaired) electrons. The highest BCUT2D eigenvalue weighted by molar-refractivity contribution is 5.74. The number of hydrogen-bond donors (Lipinski definition) is 3. The van der Waals surface area contributed by atoms with E-state index in [-0.39, 0.29) is 12.1 Å². The number of aromatic amines is 1. The molecule has 2 aromatic heterocycles. The Bertz CT molecular complexity index is 865. The minimum Gasteiger partial charge on any atom is -0.342 e. The molecule has 3 aromatic rings. The molecular weight excluding hydrogens is 322 g/mol. The van der Waals surface area contributed by atoms with Crippen LogP contribution in [-0.4, -0.2) is 27.5 Å². The van der Waals surface area contributed by atoms with Crippen LogP contribution in [0.5, 0.6) is 0 Å². The quantitative estimate of drug-likeness (QED) is 0.599. The average Bonchev–Trinajstić information content (AvgIpc) is 3.08. The third kappa shape index (κ3) is 3.69. The molecule has 4 N–H and O–H groups in total. The van der Waals surface area contributed by atoms with Gasteiger partial charge in [0.05, 0.1) is 22.8 Å². The summed E-state index contributed by atoms with van der Waals surface area (Å²) >= 11 is 0. The van der Waals surface area contributed by atoms with Gasteiger partial charge in [-0.25, -0.2) is 4.98 Å². The molecule has 2 heterocycles. The zero-order valence-electron chi connectivity index (χ0n) is 14.9. The summed E-state index contributed by atoms with van der Waals surface area (Å²) in [5.74, 6) is 0.988. The predicted molar refractivity (Wildman–Crippen MR) is 105 cm³/mol. The number of pyridine rings is 1. The highest BCUT2D eigenvalue weighted by atomic mass is 15.0. The lowest BCUT2D eigenvalue weighted by Gasteiger charge is -2.28. The summed E-state index contributed by atoms with van der Waals surface area (Å²) in [5.41, 5.74) is 10.3. The van der Waals surface area contributed by atoms with Gasteiger partial charge in [-0.05, 0) is 43.0 Å². The summed E-state index contributed by atoms with van der Waals surface area (Å²) in [7, 11) is 0. The molecule has 1 aliphatic rings. The van der Waals surface area contributed by atoms with E-state index in [0.717, 1.165) is 36.1 Å². The van der Waals surface area contributed by atoms with Crippen molar-refractivity contribution in [2.75, 3.05) is 6.54 Å². The number of fused-ring (bicyclic) bond motifs is 2. The van der Waals surface area contributed by atoms with Crippen molar-refractivity contribution in [3.8, 4) is 0 Å². The van der Waals surface area contributed by atoms with E-state index in [9.17, 15) is 0 Å². The molecule has 26 heavy (non-hydrogen) atoms. The zero-order chi connectivity index (χ0) is 17.8. The third-order valence-corrected chi connectivity index (χ3v) is 4.97. The van der Waals surface area contributed by atoms with Crippen LogP contribution in [0.25, 0.3) is 11.0 Å². The summed E-state index contributed by atoms with van der Waals surface area (Å²) in [5, 5.41) is 3.77. The Morgan fingerprint density at radius 1 is 1.27 bits per heavy atom. The Hall–Kier alpha value is -2.50. The van der Waals surface area contributed by atoms with E-state index in [2.05, 4.69) is 33.5 Å². The largest absolute Gasteiger partial charge is 0.342 e. The number of nitrogens with zero attached hydrogens (tertiary/aromatic N) is 2. The number of aryl methyl sites for hydroxylation is 1. The fourth-order valence-electron chi connectivity index (χ4n) is 3.77. The standard InChI is InChI=1S/C21H25N5/c22-12-4-8-16(14-20-25-17-9-1-2-10-18(17)26-20)24-19-11-3-6-15-7-5-13-23-21(15)19/h1-2,4-5,7-10,13,16,19,24H,3,6,11-12,14,22H2,(H,25,26)/t16?,19-/m0/s1. The first-order valence-electron chi connectivity index (χ1n) is 9.33. The molecular formula is C21H25N5. The van der Waals surface area contributed by atoms with E-state index in [4.69, 9.17) is 10.7 Å². The maximum absolute atomic E-state index is 5.69. The van der Waals surface area contributed by atoms with Crippen LogP contribution in [0.4, 0.5) is 0 Å². The molecule has 0 fully saturated rings. The number of aromatic nitrogens is 3. The molecule has 5 heteroatoms. The molecule has 1 aliphatic carbocycles. The van der Waals surface area contributed by atoms with Gasteiger partial charge in [0.2, 0.25) is 0 Å². The Morgan fingerprint density at radius 3 is 3.08 bits per heavy atom. The lowest BCUT2D eigenvalue weighted by Crippen LogP contribution is -2.36. The van der Waals surface area contributed by atoms with Crippen molar-refractivity contribution in [3.05, 3.63) is 71.8 Å². The number of H-pyrrole nitrogens is 1. The SMILES string of the molecule is NCC=CC(Cc1nc2ccccc2[nH]1)N[C@H]1CCCc2cccnc21. The van der Waals surface area contributed by atoms with Gasteiger partial charge < -0.3 is 16.0 Å².